The number of carbonyl (C=O) groups is 1. The van der Waals surface area contributed by atoms with E-state index in [4.69, 9.17) is 0 Å². The summed E-state index contributed by atoms with van der Waals surface area (Å²) in [6.45, 7) is 0. The molecule has 0 aliphatic heterocycles. The summed E-state index contributed by atoms with van der Waals surface area (Å²) in [4.78, 5) is 10.8. The van der Waals surface area contributed by atoms with Crippen molar-refractivity contribution in [3.8, 4) is 0 Å². The Balaban J connectivity index is 2.17. The number of alkyl halides is 1. The number of hydrogen-bond donors (Lipinski definition) is 1. The average Bonchev–Trinajstić information content (AvgIpc) is 2.40. The topological polar surface area (TPSA) is 29.1 Å². The molecule has 0 heterocycles. The molecular formula is C7H12INO. The molecule has 1 N–H and O–H groups in total. The summed E-state index contributed by atoms with van der Waals surface area (Å²) in [6, 6.07) is 0.488. The lowest BCUT2D eigenvalue weighted by atomic mass is 10.2. The second kappa shape index (κ2) is 4.16. The van der Waals surface area contributed by atoms with Gasteiger partial charge >= 0.3 is 0 Å². The fraction of sp³-hybridized carbons (Fsp3) is 0.857. The molecule has 1 rings (SSSR count). The van der Waals surface area contributed by atoms with E-state index < -0.39 is 0 Å². The minimum absolute atomic E-state index is 0.188. The molecule has 0 aromatic carbocycles. The molecule has 10 heavy (non-hydrogen) atoms. The number of carbonyl (C=O) groups excluding carboxylic acids is 1. The summed E-state index contributed by atoms with van der Waals surface area (Å²) in [7, 11) is 0. The molecule has 0 saturated heterocycles. The highest BCUT2D eigenvalue weighted by molar-refractivity contribution is 14.1. The Kier molecular flexibility index (Phi) is 3.45. The second-order valence-electron chi connectivity index (χ2n) is 2.68. The summed E-state index contributed by atoms with van der Waals surface area (Å²) in [6.07, 6.45) is 4.93. The molecule has 0 bridgehead atoms. The lowest BCUT2D eigenvalue weighted by molar-refractivity contribution is -0.118. The average molecular weight is 253 g/mol. The number of amides is 1. The van der Waals surface area contributed by atoms with Crippen LogP contribution in [0.5, 0.6) is 0 Å². The van der Waals surface area contributed by atoms with Crippen molar-refractivity contribution in [3.63, 3.8) is 0 Å². The van der Waals surface area contributed by atoms with Crippen LogP contribution in [0.4, 0.5) is 0 Å². The first-order valence-corrected chi connectivity index (χ1v) is 5.21. The molecule has 0 unspecified atom stereocenters. The van der Waals surface area contributed by atoms with E-state index in [1.165, 1.54) is 25.7 Å². The molecule has 0 aromatic rings. The molecule has 0 atom stereocenters. The highest BCUT2D eigenvalue weighted by Crippen LogP contribution is 2.17. The van der Waals surface area contributed by atoms with Crippen molar-refractivity contribution in [3.05, 3.63) is 0 Å². The Labute approximate surface area is 74.9 Å². The van der Waals surface area contributed by atoms with Gasteiger partial charge in [0.25, 0.3) is 0 Å². The molecule has 1 aliphatic rings. The van der Waals surface area contributed by atoms with Crippen molar-refractivity contribution < 1.29 is 4.79 Å². The molecule has 1 amide bonds. The molecule has 58 valence electrons. The van der Waals surface area contributed by atoms with Gasteiger partial charge in [-0.15, -0.1) is 0 Å². The van der Waals surface area contributed by atoms with Crippen molar-refractivity contribution in [1.82, 2.24) is 5.32 Å². The fourth-order valence-corrected chi connectivity index (χ4v) is 1.56. The van der Waals surface area contributed by atoms with Gasteiger partial charge in [0.2, 0.25) is 5.91 Å². The van der Waals surface area contributed by atoms with E-state index in [1.807, 2.05) is 0 Å². The van der Waals surface area contributed by atoms with Crippen LogP contribution in [-0.2, 0) is 4.79 Å². The molecule has 0 aromatic heterocycles. The molecule has 1 saturated carbocycles. The van der Waals surface area contributed by atoms with Gasteiger partial charge in [0.05, 0.1) is 4.43 Å². The van der Waals surface area contributed by atoms with Crippen molar-refractivity contribution in [1.29, 1.82) is 0 Å². The molecular weight excluding hydrogens is 241 g/mol. The summed E-state index contributed by atoms with van der Waals surface area (Å²) in [5, 5.41) is 2.98. The van der Waals surface area contributed by atoms with Gasteiger partial charge in [-0.25, -0.2) is 0 Å². The maximum absolute atomic E-state index is 10.8. The number of halogens is 1. The molecule has 1 aliphatic carbocycles. The number of hydrogen-bond acceptors (Lipinski definition) is 1. The second-order valence-corrected chi connectivity index (χ2v) is 3.45. The maximum Gasteiger partial charge on any atom is 0.230 e. The largest absolute Gasteiger partial charge is 0.353 e. The molecule has 0 spiro atoms. The van der Waals surface area contributed by atoms with Crippen LogP contribution in [0.25, 0.3) is 0 Å². The zero-order chi connectivity index (χ0) is 7.40. The first kappa shape index (κ1) is 8.30. The van der Waals surface area contributed by atoms with E-state index in [0.717, 1.165) is 0 Å². The Bertz CT molecular complexity index is 121. The van der Waals surface area contributed by atoms with Gasteiger partial charge in [-0.1, -0.05) is 35.4 Å². The van der Waals surface area contributed by atoms with Crippen LogP contribution in [0, 0.1) is 0 Å². The van der Waals surface area contributed by atoms with Crippen LogP contribution in [-0.4, -0.2) is 16.4 Å². The van der Waals surface area contributed by atoms with Gasteiger partial charge < -0.3 is 5.32 Å². The predicted octanol–water partition coefficient (Wildman–Crippen LogP) is 1.48. The minimum atomic E-state index is 0.188. The van der Waals surface area contributed by atoms with Gasteiger partial charge in [0.15, 0.2) is 0 Å². The van der Waals surface area contributed by atoms with Crippen LogP contribution >= 0.6 is 22.6 Å². The highest BCUT2D eigenvalue weighted by Gasteiger charge is 2.15. The van der Waals surface area contributed by atoms with E-state index in [9.17, 15) is 4.79 Å². The fourth-order valence-electron chi connectivity index (χ4n) is 1.34. The van der Waals surface area contributed by atoms with E-state index in [0.29, 0.717) is 10.5 Å². The molecule has 1 fully saturated rings. The van der Waals surface area contributed by atoms with Crippen molar-refractivity contribution in [2.45, 2.75) is 31.7 Å². The van der Waals surface area contributed by atoms with Gasteiger partial charge in [-0.2, -0.15) is 0 Å². The Morgan fingerprint density at radius 1 is 1.50 bits per heavy atom. The predicted molar refractivity (Wildman–Crippen MR) is 49.3 cm³/mol. The van der Waals surface area contributed by atoms with Crippen molar-refractivity contribution in [2.24, 2.45) is 0 Å². The smallest absolute Gasteiger partial charge is 0.230 e. The molecule has 2 nitrogen and oxygen atoms in total. The van der Waals surface area contributed by atoms with Crippen molar-refractivity contribution in [2.75, 3.05) is 4.43 Å². The SMILES string of the molecule is O=C(CI)NC1CCCC1. The minimum Gasteiger partial charge on any atom is -0.353 e. The van der Waals surface area contributed by atoms with Crippen LogP contribution < -0.4 is 5.32 Å². The summed E-state index contributed by atoms with van der Waals surface area (Å²) in [5.74, 6) is 0.188. The van der Waals surface area contributed by atoms with E-state index in [1.54, 1.807) is 0 Å². The third-order valence-electron chi connectivity index (χ3n) is 1.84. The zero-order valence-electron chi connectivity index (χ0n) is 5.90. The number of rotatable bonds is 2. The van der Waals surface area contributed by atoms with E-state index in [-0.39, 0.29) is 5.91 Å². The Hall–Kier alpha value is 0.200. The van der Waals surface area contributed by atoms with Gasteiger partial charge in [0, 0.05) is 6.04 Å². The standard InChI is InChI=1S/C7H12INO/c8-5-7(10)9-6-3-1-2-4-6/h6H,1-5H2,(H,9,10). The molecule has 3 heteroatoms. The van der Waals surface area contributed by atoms with Crippen LogP contribution in [0.3, 0.4) is 0 Å². The normalized spacial score (nSPS) is 19.3. The Morgan fingerprint density at radius 3 is 2.60 bits per heavy atom. The lowest BCUT2D eigenvalue weighted by Gasteiger charge is -2.09. The summed E-state index contributed by atoms with van der Waals surface area (Å²) in [5.41, 5.74) is 0. The van der Waals surface area contributed by atoms with Crippen LogP contribution in [0.15, 0.2) is 0 Å². The monoisotopic (exact) mass is 253 g/mol. The summed E-state index contributed by atoms with van der Waals surface area (Å²) < 4.78 is 0.592. The third kappa shape index (κ3) is 2.44. The van der Waals surface area contributed by atoms with Crippen molar-refractivity contribution >= 4 is 28.5 Å². The first-order chi connectivity index (χ1) is 4.83. The quantitative estimate of drug-likeness (QED) is 0.586. The third-order valence-corrected chi connectivity index (χ3v) is 2.53. The van der Waals surface area contributed by atoms with Gasteiger partial charge in [-0.05, 0) is 12.8 Å². The first-order valence-electron chi connectivity index (χ1n) is 3.68. The van der Waals surface area contributed by atoms with Gasteiger partial charge in [-0.3, -0.25) is 4.79 Å². The van der Waals surface area contributed by atoms with E-state index in [2.05, 4.69) is 27.9 Å². The highest BCUT2D eigenvalue weighted by atomic mass is 127. The van der Waals surface area contributed by atoms with Gasteiger partial charge in [0.1, 0.15) is 0 Å². The van der Waals surface area contributed by atoms with E-state index >= 15 is 0 Å². The number of nitrogens with one attached hydrogen (secondary N) is 1. The Morgan fingerprint density at radius 2 is 2.10 bits per heavy atom. The maximum atomic E-state index is 10.8. The molecule has 0 radical (unpaired) electrons. The van der Waals surface area contributed by atoms with Crippen LogP contribution in [0.2, 0.25) is 0 Å². The summed E-state index contributed by atoms with van der Waals surface area (Å²) >= 11 is 2.09. The van der Waals surface area contributed by atoms with Crippen LogP contribution in [0.1, 0.15) is 25.7 Å². The lowest BCUT2D eigenvalue weighted by Crippen LogP contribution is -2.33. The zero-order valence-corrected chi connectivity index (χ0v) is 8.06.